The fourth-order valence-electron chi connectivity index (χ4n) is 0.642. The van der Waals surface area contributed by atoms with Gasteiger partial charge in [-0.05, 0) is 0 Å². The molecule has 0 unspecified atom stereocenters. The first-order valence-electron chi connectivity index (χ1n) is 3.33. The van der Waals surface area contributed by atoms with Crippen LogP contribution in [0.2, 0.25) is 0 Å². The third-order valence-electron chi connectivity index (χ3n) is 1.11. The van der Waals surface area contributed by atoms with E-state index in [-0.39, 0.29) is 58.9 Å². The Morgan fingerprint density at radius 3 is 1.00 bits per heavy atom. The summed E-state index contributed by atoms with van der Waals surface area (Å²) < 4.78 is 0. The van der Waals surface area contributed by atoms with Crippen LogP contribution < -0.4 is 0 Å². The maximum atomic E-state index is 2.00. The van der Waals surface area contributed by atoms with Crippen LogP contribution in [0.25, 0.3) is 0 Å². The van der Waals surface area contributed by atoms with E-state index in [1.807, 2.05) is 60.7 Å². The van der Waals surface area contributed by atoms with Crippen molar-refractivity contribution in [1.82, 2.24) is 0 Å². The third kappa shape index (κ3) is 14.8. The largest absolute Gasteiger partial charge is 0.748 e. The van der Waals surface area contributed by atoms with Crippen molar-refractivity contribution in [2.45, 2.75) is 0 Å². The molecule has 0 radical (unpaired) electrons. The van der Waals surface area contributed by atoms with Gasteiger partial charge >= 0.3 is 0 Å². The van der Waals surface area contributed by atoms with E-state index in [0.29, 0.717) is 0 Å². The summed E-state index contributed by atoms with van der Waals surface area (Å²) in [6.07, 6.45) is 0. The molecule has 0 heterocycles. The zero-order valence-corrected chi connectivity index (χ0v) is 11.5. The molecule has 0 spiro atoms. The minimum absolute atomic E-state index is 0. The van der Waals surface area contributed by atoms with Crippen LogP contribution in [0.15, 0.2) is 60.7 Å². The summed E-state index contributed by atoms with van der Waals surface area (Å²) in [6, 6.07) is 20.0. The summed E-state index contributed by atoms with van der Waals surface area (Å²) >= 11 is 0. The van der Waals surface area contributed by atoms with Gasteiger partial charge in [-0.1, -0.05) is 0 Å². The molecule has 4 heteroatoms. The maximum Gasteiger partial charge on any atom is 0 e. The number of hydrogen-bond donors (Lipinski definition) is 0. The molecule has 0 aliphatic rings. The average Bonchev–Trinajstić information content (AvgIpc) is 2.67. The van der Waals surface area contributed by atoms with Gasteiger partial charge in [-0.2, -0.15) is 18.2 Å². The van der Waals surface area contributed by atoms with Gasteiger partial charge in [-0.25, -0.2) is 12.1 Å². The Kier molecular flexibility index (Phi) is 32.3. The van der Waals surface area contributed by atoms with Crippen LogP contribution in [0.5, 0.6) is 0 Å². The van der Waals surface area contributed by atoms with Gasteiger partial charge in [-0.3, -0.25) is 0 Å². The van der Waals surface area contributed by atoms with Crippen LogP contribution in [0, 0.1) is 0 Å². The molecule has 0 saturated heterocycles. The van der Waals surface area contributed by atoms with Crippen molar-refractivity contribution >= 4 is 37.2 Å². The molecule has 2 aromatic carbocycles. The Labute approximate surface area is 119 Å². The predicted octanol–water partition coefficient (Wildman–Crippen LogP) is 4.07. The molecule has 0 bridgehead atoms. The van der Waals surface area contributed by atoms with Crippen molar-refractivity contribution in [2.24, 2.45) is 0 Å². The van der Waals surface area contributed by atoms with E-state index in [1.165, 1.54) is 0 Å². The summed E-state index contributed by atoms with van der Waals surface area (Å²) in [4.78, 5) is 0. The van der Waals surface area contributed by atoms with Gasteiger partial charge in [0.1, 0.15) is 0 Å². The molecular formula is C10H13Cl3Ti-6. The minimum Gasteiger partial charge on any atom is -0.748 e. The molecule has 0 N–H and O–H groups in total. The van der Waals surface area contributed by atoms with E-state index in [2.05, 4.69) is 0 Å². The molecular weight excluding hydrogens is 274 g/mol. The minimum atomic E-state index is 0. The van der Waals surface area contributed by atoms with Crippen molar-refractivity contribution in [2.75, 3.05) is 0 Å². The van der Waals surface area contributed by atoms with Gasteiger partial charge < -0.3 is 30.3 Å². The zero-order chi connectivity index (χ0) is 7.07. The average molecular weight is 287 g/mol. The predicted molar refractivity (Wildman–Crippen MR) is 65.8 cm³/mol. The molecule has 0 nitrogen and oxygen atoms in total. The number of hydrogen-bond acceptors (Lipinski definition) is 0. The first kappa shape index (κ1) is 23.8. The van der Waals surface area contributed by atoms with Crippen molar-refractivity contribution in [1.29, 1.82) is 0 Å². The summed E-state index contributed by atoms with van der Waals surface area (Å²) in [7, 11) is 0. The molecule has 0 aliphatic heterocycles. The van der Waals surface area contributed by atoms with Gasteiger partial charge in [0.05, 0.1) is 0 Å². The van der Waals surface area contributed by atoms with E-state index in [4.69, 9.17) is 0 Å². The molecule has 0 amide bonds. The van der Waals surface area contributed by atoms with E-state index in [9.17, 15) is 0 Å². The Balaban J connectivity index is -0.0000000556. The first-order valence-corrected chi connectivity index (χ1v) is 3.33. The second kappa shape index (κ2) is 19.0. The second-order valence-electron chi connectivity index (χ2n) is 1.92. The van der Waals surface area contributed by atoms with E-state index in [1.54, 1.807) is 0 Å². The normalized spacial score (nSPS) is 5.71. The fraction of sp³-hybridized carbons (Fsp3) is 0. The molecule has 0 aliphatic carbocycles. The molecule has 2 rings (SSSR count). The van der Waals surface area contributed by atoms with Crippen LogP contribution in [-0.2, 0) is 21.7 Å². The first-order chi connectivity index (χ1) is 5.00. The molecule has 0 aromatic heterocycles. The van der Waals surface area contributed by atoms with Crippen molar-refractivity contribution in [3.8, 4) is 0 Å². The SMILES string of the molecule is Cl.Cl.Cl.[Ti].[cH-]1[cH-][cH-][cH-][cH-]1.c1cc[cH-]c1. The molecule has 0 atom stereocenters. The van der Waals surface area contributed by atoms with Crippen LogP contribution in [0.3, 0.4) is 0 Å². The monoisotopic (exact) mass is 286 g/mol. The van der Waals surface area contributed by atoms with Crippen LogP contribution in [0.1, 0.15) is 0 Å². The summed E-state index contributed by atoms with van der Waals surface area (Å²) in [6.45, 7) is 0. The summed E-state index contributed by atoms with van der Waals surface area (Å²) in [5, 5.41) is 0. The molecule has 84 valence electrons. The van der Waals surface area contributed by atoms with Gasteiger partial charge in [0.2, 0.25) is 0 Å². The number of rotatable bonds is 0. The van der Waals surface area contributed by atoms with Gasteiger partial charge in [0, 0.05) is 21.7 Å². The third-order valence-corrected chi connectivity index (χ3v) is 1.11. The molecule has 0 saturated carbocycles. The molecule has 2 aromatic rings. The van der Waals surface area contributed by atoms with E-state index in [0.717, 1.165) is 0 Å². The molecule has 14 heavy (non-hydrogen) atoms. The van der Waals surface area contributed by atoms with Gasteiger partial charge in [-0.15, -0.1) is 37.2 Å². The molecule has 0 fully saturated rings. The Bertz CT molecular complexity index is 155. The second-order valence-corrected chi connectivity index (χ2v) is 1.92. The standard InChI is InChI=1S/2C5H5.3ClH.Ti/c2*1-2-4-5-3-1;;;;/h2*1-5H;3*1H;/q-5;-1;;;;. The smallest absolute Gasteiger partial charge is 0 e. The van der Waals surface area contributed by atoms with Crippen LogP contribution in [0.4, 0.5) is 0 Å². The fourth-order valence-corrected chi connectivity index (χ4v) is 0.642. The maximum absolute atomic E-state index is 2.00. The Morgan fingerprint density at radius 1 is 0.571 bits per heavy atom. The van der Waals surface area contributed by atoms with Gasteiger partial charge in [0.25, 0.3) is 0 Å². The van der Waals surface area contributed by atoms with Crippen molar-refractivity contribution < 1.29 is 21.7 Å². The van der Waals surface area contributed by atoms with Crippen molar-refractivity contribution in [3.63, 3.8) is 0 Å². The topological polar surface area (TPSA) is 0 Å². The van der Waals surface area contributed by atoms with Crippen LogP contribution in [-0.4, -0.2) is 0 Å². The van der Waals surface area contributed by atoms with Gasteiger partial charge in [0.15, 0.2) is 0 Å². The Morgan fingerprint density at radius 2 is 0.857 bits per heavy atom. The summed E-state index contributed by atoms with van der Waals surface area (Å²) in [5.74, 6) is 0. The van der Waals surface area contributed by atoms with E-state index >= 15 is 0 Å². The van der Waals surface area contributed by atoms with Crippen molar-refractivity contribution in [3.05, 3.63) is 60.7 Å². The van der Waals surface area contributed by atoms with E-state index < -0.39 is 0 Å². The quantitative estimate of drug-likeness (QED) is 0.506. The Hall–Kier alpha value is 0.284. The number of halogens is 3. The zero-order valence-electron chi connectivity index (χ0n) is 7.50. The summed E-state index contributed by atoms with van der Waals surface area (Å²) in [5.41, 5.74) is 0. The van der Waals surface area contributed by atoms with Crippen LogP contribution >= 0.6 is 37.2 Å².